The summed E-state index contributed by atoms with van der Waals surface area (Å²) in [6, 6.07) is 7.39. The standard InChI is InChI=1S/C22H22N2O3/c1-3-17(4-2)24-14-13-23-21(24)12-11-18(25)10-9-16-15-27-20-8-6-5-7-19(20)22(16)26/h5-15,17H,3-4H2,1-2H3/b10-9+,12-11+. The van der Waals surface area contributed by atoms with E-state index < -0.39 is 0 Å². The Morgan fingerprint density at radius 3 is 2.70 bits per heavy atom. The summed E-state index contributed by atoms with van der Waals surface area (Å²) in [6.45, 7) is 4.26. The Bertz CT molecular complexity index is 1050. The van der Waals surface area contributed by atoms with E-state index in [4.69, 9.17) is 4.42 Å². The number of carbonyl (C=O) groups excluding carboxylic acids is 1. The number of hydrogen-bond acceptors (Lipinski definition) is 4. The second-order valence-corrected chi connectivity index (χ2v) is 6.25. The van der Waals surface area contributed by atoms with E-state index in [1.54, 1.807) is 36.5 Å². The number of nitrogens with zero attached hydrogens (tertiary/aromatic N) is 2. The van der Waals surface area contributed by atoms with Crippen molar-refractivity contribution < 1.29 is 9.21 Å². The van der Waals surface area contributed by atoms with Crippen molar-refractivity contribution in [2.24, 2.45) is 0 Å². The average Bonchev–Trinajstić information content (AvgIpc) is 3.15. The lowest BCUT2D eigenvalue weighted by molar-refractivity contribution is -0.110. The van der Waals surface area contributed by atoms with Gasteiger partial charge in [-0.2, -0.15) is 0 Å². The largest absolute Gasteiger partial charge is 0.463 e. The zero-order chi connectivity index (χ0) is 19.2. The van der Waals surface area contributed by atoms with Crippen LogP contribution in [-0.2, 0) is 4.79 Å². The highest BCUT2D eigenvalue weighted by atomic mass is 16.3. The lowest BCUT2D eigenvalue weighted by atomic mass is 10.1. The zero-order valence-electron chi connectivity index (χ0n) is 15.5. The molecule has 0 aliphatic heterocycles. The van der Waals surface area contributed by atoms with Gasteiger partial charge in [0.25, 0.3) is 0 Å². The fourth-order valence-electron chi connectivity index (χ4n) is 3.04. The molecule has 2 heterocycles. The molecule has 0 atom stereocenters. The first-order chi connectivity index (χ1) is 13.1. The van der Waals surface area contributed by atoms with E-state index in [9.17, 15) is 9.59 Å². The molecule has 0 saturated heterocycles. The topological polar surface area (TPSA) is 65.1 Å². The second-order valence-electron chi connectivity index (χ2n) is 6.25. The number of fused-ring (bicyclic) bond motifs is 1. The molecular weight excluding hydrogens is 340 g/mol. The maximum atomic E-state index is 12.4. The third kappa shape index (κ3) is 4.14. The van der Waals surface area contributed by atoms with Gasteiger partial charge in [0.05, 0.1) is 10.9 Å². The van der Waals surface area contributed by atoms with Gasteiger partial charge >= 0.3 is 0 Å². The fraction of sp³-hybridized carbons (Fsp3) is 0.227. The SMILES string of the molecule is CCC(CC)n1ccnc1/C=C/C(=O)/C=C/c1coc2ccccc2c1=O. The number of rotatable bonds is 7. The predicted octanol–water partition coefficient (Wildman–Crippen LogP) is 4.65. The van der Waals surface area contributed by atoms with E-state index in [0.29, 0.717) is 22.6 Å². The molecule has 0 spiro atoms. The molecule has 0 radical (unpaired) electrons. The van der Waals surface area contributed by atoms with Crippen LogP contribution in [-0.4, -0.2) is 15.3 Å². The number of carbonyl (C=O) groups is 1. The van der Waals surface area contributed by atoms with Gasteiger partial charge in [0.1, 0.15) is 17.7 Å². The third-order valence-corrected chi connectivity index (χ3v) is 4.57. The van der Waals surface area contributed by atoms with Gasteiger partial charge in [-0.15, -0.1) is 0 Å². The highest BCUT2D eigenvalue weighted by Gasteiger charge is 2.09. The molecule has 0 amide bonds. The minimum atomic E-state index is -0.221. The van der Waals surface area contributed by atoms with Crippen molar-refractivity contribution in [1.29, 1.82) is 0 Å². The van der Waals surface area contributed by atoms with Gasteiger partial charge in [-0.1, -0.05) is 26.0 Å². The molecule has 3 rings (SSSR count). The summed E-state index contributed by atoms with van der Waals surface area (Å²) >= 11 is 0. The van der Waals surface area contributed by atoms with Gasteiger partial charge in [0, 0.05) is 18.4 Å². The normalized spacial score (nSPS) is 12.0. The summed E-state index contributed by atoms with van der Waals surface area (Å²) < 4.78 is 7.52. The van der Waals surface area contributed by atoms with Crippen LogP contribution in [0.25, 0.3) is 23.1 Å². The number of para-hydroxylation sites is 1. The minimum absolute atomic E-state index is 0.158. The Hall–Kier alpha value is -3.21. The van der Waals surface area contributed by atoms with Crippen LogP contribution in [0.4, 0.5) is 0 Å². The van der Waals surface area contributed by atoms with Crippen LogP contribution in [0.2, 0.25) is 0 Å². The molecule has 0 bridgehead atoms. The van der Waals surface area contributed by atoms with Crippen LogP contribution in [0.1, 0.15) is 44.1 Å². The van der Waals surface area contributed by atoms with Crippen LogP contribution in [0.3, 0.4) is 0 Å². The number of imidazole rings is 1. The van der Waals surface area contributed by atoms with Crippen molar-refractivity contribution >= 4 is 28.9 Å². The number of allylic oxidation sites excluding steroid dienone is 2. The number of hydrogen-bond donors (Lipinski definition) is 0. The van der Waals surface area contributed by atoms with E-state index in [0.717, 1.165) is 18.7 Å². The molecule has 0 unspecified atom stereocenters. The first-order valence-corrected chi connectivity index (χ1v) is 9.07. The molecule has 0 aliphatic rings. The highest BCUT2D eigenvalue weighted by Crippen LogP contribution is 2.18. The number of benzene rings is 1. The van der Waals surface area contributed by atoms with Crippen LogP contribution in [0.15, 0.2) is 64.3 Å². The van der Waals surface area contributed by atoms with Crippen molar-refractivity contribution in [3.8, 4) is 0 Å². The molecule has 0 saturated carbocycles. The smallest absolute Gasteiger partial charge is 0.199 e. The Morgan fingerprint density at radius 1 is 1.19 bits per heavy atom. The lowest BCUT2D eigenvalue weighted by Crippen LogP contribution is -2.07. The molecule has 0 aliphatic carbocycles. The first-order valence-electron chi connectivity index (χ1n) is 9.07. The Balaban J connectivity index is 1.77. The van der Waals surface area contributed by atoms with E-state index in [2.05, 4.69) is 23.4 Å². The molecule has 1 aromatic carbocycles. The highest BCUT2D eigenvalue weighted by molar-refractivity contribution is 6.04. The molecule has 3 aromatic rings. The first kappa shape index (κ1) is 18.6. The van der Waals surface area contributed by atoms with Gasteiger partial charge in [-0.05, 0) is 49.3 Å². The van der Waals surface area contributed by atoms with Crippen LogP contribution in [0.5, 0.6) is 0 Å². The van der Waals surface area contributed by atoms with Crippen LogP contribution >= 0.6 is 0 Å². The van der Waals surface area contributed by atoms with E-state index >= 15 is 0 Å². The van der Waals surface area contributed by atoms with Gasteiger partial charge in [0.15, 0.2) is 11.2 Å². The van der Waals surface area contributed by atoms with Crippen LogP contribution in [0, 0.1) is 0 Å². The quantitative estimate of drug-likeness (QED) is 0.574. The van der Waals surface area contributed by atoms with Crippen molar-refractivity contribution in [3.63, 3.8) is 0 Å². The van der Waals surface area contributed by atoms with Gasteiger partial charge < -0.3 is 8.98 Å². The van der Waals surface area contributed by atoms with Crippen molar-refractivity contribution in [1.82, 2.24) is 9.55 Å². The maximum Gasteiger partial charge on any atom is 0.199 e. The molecule has 0 N–H and O–H groups in total. The molecular formula is C22H22N2O3. The molecule has 27 heavy (non-hydrogen) atoms. The summed E-state index contributed by atoms with van der Waals surface area (Å²) in [5, 5.41) is 0.495. The predicted molar refractivity (Wildman–Crippen MR) is 107 cm³/mol. The van der Waals surface area contributed by atoms with Crippen LogP contribution < -0.4 is 5.43 Å². The lowest BCUT2D eigenvalue weighted by Gasteiger charge is -2.15. The number of aromatic nitrogens is 2. The summed E-state index contributed by atoms with van der Waals surface area (Å²) in [4.78, 5) is 28.9. The van der Waals surface area contributed by atoms with E-state index in [-0.39, 0.29) is 11.2 Å². The van der Waals surface area contributed by atoms with Gasteiger partial charge in [-0.3, -0.25) is 9.59 Å². The third-order valence-electron chi connectivity index (χ3n) is 4.57. The summed E-state index contributed by atoms with van der Waals surface area (Å²) in [5.74, 6) is 0.525. The van der Waals surface area contributed by atoms with Crippen molar-refractivity contribution in [2.75, 3.05) is 0 Å². The van der Waals surface area contributed by atoms with E-state index in [1.807, 2.05) is 6.20 Å². The van der Waals surface area contributed by atoms with Gasteiger partial charge in [0.2, 0.25) is 0 Å². The Morgan fingerprint density at radius 2 is 1.93 bits per heavy atom. The molecule has 138 valence electrons. The summed E-state index contributed by atoms with van der Waals surface area (Å²) in [5.41, 5.74) is 0.710. The fourth-order valence-corrected chi connectivity index (χ4v) is 3.04. The Kier molecular flexibility index (Phi) is 5.81. The monoisotopic (exact) mass is 362 g/mol. The molecule has 5 heteroatoms. The van der Waals surface area contributed by atoms with Crippen molar-refractivity contribution in [3.05, 3.63) is 76.7 Å². The van der Waals surface area contributed by atoms with Crippen molar-refractivity contribution in [2.45, 2.75) is 32.7 Å². The molecule has 2 aromatic heterocycles. The van der Waals surface area contributed by atoms with Gasteiger partial charge in [-0.25, -0.2) is 4.98 Å². The minimum Gasteiger partial charge on any atom is -0.463 e. The molecule has 5 nitrogen and oxygen atoms in total. The zero-order valence-corrected chi connectivity index (χ0v) is 15.5. The van der Waals surface area contributed by atoms with E-state index in [1.165, 1.54) is 24.5 Å². The summed E-state index contributed by atoms with van der Waals surface area (Å²) in [7, 11) is 0. The average molecular weight is 362 g/mol. The second kappa shape index (κ2) is 8.45. The maximum absolute atomic E-state index is 12.4. The number of ketones is 1. The Labute approximate surface area is 157 Å². The summed E-state index contributed by atoms with van der Waals surface area (Å²) in [6.07, 6.45) is 13.0. The molecule has 0 fully saturated rings.